The van der Waals surface area contributed by atoms with E-state index in [1.807, 2.05) is 35.0 Å². The van der Waals surface area contributed by atoms with Crippen LogP contribution in [-0.4, -0.2) is 64.6 Å². The fraction of sp³-hybridized carbons (Fsp3) is 0.500. The maximum Gasteiger partial charge on any atom is 0.321 e. The number of nitrogens with one attached hydrogen (secondary N) is 1. The summed E-state index contributed by atoms with van der Waals surface area (Å²) in [6, 6.07) is 7.80. The second-order valence-corrected chi connectivity index (χ2v) is 8.20. The van der Waals surface area contributed by atoms with Gasteiger partial charge in [0.1, 0.15) is 11.4 Å². The third-order valence-electron chi connectivity index (χ3n) is 6.04. The number of aryl methyl sites for hydroxylation is 1. The zero-order chi connectivity index (χ0) is 21.3. The predicted octanol–water partition coefficient (Wildman–Crippen LogP) is 2.46. The first kappa shape index (κ1) is 20.4. The number of carbonyl (C=O) groups is 2. The smallest absolute Gasteiger partial charge is 0.321 e. The van der Waals surface area contributed by atoms with Crippen molar-refractivity contribution >= 4 is 17.6 Å². The minimum absolute atomic E-state index is 0.0515. The monoisotopic (exact) mass is 411 g/mol. The number of likely N-dealkylation sites (N-methyl/N-ethyl adjacent to an activating group) is 1. The highest BCUT2D eigenvalue weighted by molar-refractivity contribution is 5.89. The number of nitrogens with zero attached hydrogens (tertiary/aromatic N) is 4. The molecule has 1 spiro atoms. The van der Waals surface area contributed by atoms with Gasteiger partial charge in [0.2, 0.25) is 0 Å². The maximum atomic E-state index is 12.7. The van der Waals surface area contributed by atoms with E-state index >= 15 is 0 Å². The SMILES string of the molecule is CCc1ccc(NC(=O)N2CCC3(CC2)O[C@@H](C(=O)N(C)C)Cn2ccnc23)cc1. The van der Waals surface area contributed by atoms with Crippen molar-refractivity contribution in [3.8, 4) is 0 Å². The van der Waals surface area contributed by atoms with Crippen LogP contribution >= 0.6 is 0 Å². The number of ether oxygens (including phenoxy) is 1. The van der Waals surface area contributed by atoms with Crippen molar-refractivity contribution < 1.29 is 14.3 Å². The predicted molar refractivity (Wildman–Crippen MR) is 113 cm³/mol. The summed E-state index contributed by atoms with van der Waals surface area (Å²) < 4.78 is 8.38. The van der Waals surface area contributed by atoms with Gasteiger partial charge in [0.05, 0.1) is 6.54 Å². The fourth-order valence-electron chi connectivity index (χ4n) is 4.25. The van der Waals surface area contributed by atoms with Gasteiger partial charge in [-0.05, 0) is 24.1 Å². The highest BCUT2D eigenvalue weighted by atomic mass is 16.5. The lowest BCUT2D eigenvalue weighted by Crippen LogP contribution is -2.55. The Morgan fingerprint density at radius 1 is 1.23 bits per heavy atom. The molecule has 8 heteroatoms. The lowest BCUT2D eigenvalue weighted by molar-refractivity contribution is -0.177. The van der Waals surface area contributed by atoms with E-state index < -0.39 is 11.7 Å². The Morgan fingerprint density at radius 2 is 1.93 bits per heavy atom. The Hall–Kier alpha value is -2.87. The molecule has 0 saturated carbocycles. The Bertz CT molecular complexity index is 913. The molecule has 0 aliphatic carbocycles. The Balaban J connectivity index is 1.44. The molecule has 4 rings (SSSR count). The van der Waals surface area contributed by atoms with Gasteiger partial charge in [-0.15, -0.1) is 0 Å². The van der Waals surface area contributed by atoms with Crippen molar-refractivity contribution in [1.29, 1.82) is 0 Å². The minimum atomic E-state index is -0.641. The molecule has 1 aromatic heterocycles. The van der Waals surface area contributed by atoms with E-state index in [0.29, 0.717) is 32.5 Å². The number of aromatic nitrogens is 2. The molecule has 0 bridgehead atoms. The van der Waals surface area contributed by atoms with Crippen LogP contribution in [-0.2, 0) is 28.1 Å². The summed E-state index contributed by atoms with van der Waals surface area (Å²) in [4.78, 5) is 33.2. The quantitative estimate of drug-likeness (QED) is 0.841. The number of urea groups is 1. The topological polar surface area (TPSA) is 79.7 Å². The first-order valence-corrected chi connectivity index (χ1v) is 10.5. The molecule has 3 heterocycles. The molecular weight excluding hydrogens is 382 g/mol. The van der Waals surface area contributed by atoms with Gasteiger partial charge < -0.3 is 24.4 Å². The van der Waals surface area contributed by atoms with Crippen LogP contribution in [0.4, 0.5) is 10.5 Å². The summed E-state index contributed by atoms with van der Waals surface area (Å²) in [6.45, 7) is 3.64. The molecule has 0 unspecified atom stereocenters. The van der Waals surface area contributed by atoms with Crippen molar-refractivity contribution in [2.24, 2.45) is 0 Å². The van der Waals surface area contributed by atoms with E-state index in [0.717, 1.165) is 17.9 Å². The van der Waals surface area contributed by atoms with E-state index in [1.165, 1.54) is 5.56 Å². The molecule has 1 atom stereocenters. The molecule has 1 saturated heterocycles. The summed E-state index contributed by atoms with van der Waals surface area (Å²) in [5, 5.41) is 2.97. The Kier molecular flexibility index (Phi) is 5.51. The van der Waals surface area contributed by atoms with Gasteiger partial charge >= 0.3 is 6.03 Å². The number of hydrogen-bond acceptors (Lipinski definition) is 4. The molecule has 160 valence electrons. The van der Waals surface area contributed by atoms with Gasteiger partial charge in [0.15, 0.2) is 6.10 Å². The standard InChI is InChI=1S/C22H29N5O3/c1-4-16-5-7-17(8-6-16)24-21(29)26-12-9-22(10-13-26)20-23-11-14-27(20)15-18(30-22)19(28)25(2)3/h5-8,11,14,18H,4,9-10,12-13,15H2,1-3H3,(H,24,29)/t18-/m1/s1. The lowest BCUT2D eigenvalue weighted by atomic mass is 9.88. The van der Waals surface area contributed by atoms with Gasteiger partial charge in [-0.2, -0.15) is 0 Å². The zero-order valence-electron chi connectivity index (χ0n) is 17.8. The van der Waals surface area contributed by atoms with Crippen molar-refractivity contribution in [2.45, 2.75) is 44.4 Å². The summed E-state index contributed by atoms with van der Waals surface area (Å²) in [6.07, 6.45) is 5.28. The maximum absolute atomic E-state index is 12.7. The average Bonchev–Trinajstić information content (AvgIpc) is 3.24. The van der Waals surface area contributed by atoms with Gasteiger partial charge in [-0.3, -0.25) is 4.79 Å². The number of fused-ring (bicyclic) bond motifs is 2. The summed E-state index contributed by atoms with van der Waals surface area (Å²) in [5.41, 5.74) is 1.38. The van der Waals surface area contributed by atoms with Crippen LogP contribution in [0.5, 0.6) is 0 Å². The number of hydrogen-bond donors (Lipinski definition) is 1. The van der Waals surface area contributed by atoms with Gasteiger partial charge in [-0.1, -0.05) is 19.1 Å². The van der Waals surface area contributed by atoms with Crippen molar-refractivity contribution in [3.63, 3.8) is 0 Å². The molecule has 8 nitrogen and oxygen atoms in total. The summed E-state index contributed by atoms with van der Waals surface area (Å²) in [7, 11) is 3.48. The lowest BCUT2D eigenvalue weighted by Gasteiger charge is -2.45. The number of carbonyl (C=O) groups excluding carboxylic acids is 2. The van der Waals surface area contributed by atoms with Crippen molar-refractivity contribution in [2.75, 3.05) is 32.5 Å². The average molecular weight is 412 g/mol. The van der Waals surface area contributed by atoms with Crippen LogP contribution in [0.3, 0.4) is 0 Å². The number of anilines is 1. The number of likely N-dealkylation sites (tertiary alicyclic amines) is 1. The molecule has 1 fully saturated rings. The molecule has 2 aliphatic heterocycles. The first-order valence-electron chi connectivity index (χ1n) is 10.5. The van der Waals surface area contributed by atoms with E-state index in [2.05, 4.69) is 17.2 Å². The van der Waals surface area contributed by atoms with Crippen LogP contribution in [0.25, 0.3) is 0 Å². The van der Waals surface area contributed by atoms with Gasteiger partial charge in [0.25, 0.3) is 5.91 Å². The summed E-state index contributed by atoms with van der Waals surface area (Å²) in [5.74, 6) is 0.796. The first-order chi connectivity index (χ1) is 14.4. The second-order valence-electron chi connectivity index (χ2n) is 8.20. The molecule has 0 radical (unpaired) electrons. The number of piperidine rings is 1. The van der Waals surface area contributed by atoms with Crippen molar-refractivity contribution in [3.05, 3.63) is 48.0 Å². The van der Waals surface area contributed by atoms with Crippen molar-refractivity contribution in [1.82, 2.24) is 19.4 Å². The number of imidazole rings is 1. The van der Waals surface area contributed by atoms with Crippen LogP contribution in [0.1, 0.15) is 31.2 Å². The largest absolute Gasteiger partial charge is 0.352 e. The van der Waals surface area contributed by atoms with Crippen LogP contribution < -0.4 is 5.32 Å². The Morgan fingerprint density at radius 3 is 2.57 bits per heavy atom. The molecular formula is C22H29N5O3. The van der Waals surface area contributed by atoms with Crippen LogP contribution in [0, 0.1) is 0 Å². The molecule has 2 aliphatic rings. The number of amides is 3. The van der Waals surface area contributed by atoms with Crippen LogP contribution in [0.2, 0.25) is 0 Å². The van der Waals surface area contributed by atoms with E-state index in [9.17, 15) is 9.59 Å². The number of rotatable bonds is 3. The molecule has 30 heavy (non-hydrogen) atoms. The fourth-order valence-corrected chi connectivity index (χ4v) is 4.25. The van der Waals surface area contributed by atoms with Gasteiger partial charge in [-0.25, -0.2) is 9.78 Å². The van der Waals surface area contributed by atoms with E-state index in [-0.39, 0.29) is 11.9 Å². The highest BCUT2D eigenvalue weighted by Crippen LogP contribution is 2.40. The Labute approximate surface area is 176 Å². The zero-order valence-corrected chi connectivity index (χ0v) is 17.8. The third kappa shape index (κ3) is 3.79. The summed E-state index contributed by atoms with van der Waals surface area (Å²) >= 11 is 0. The molecule has 1 aromatic carbocycles. The number of benzene rings is 1. The molecule has 2 aromatic rings. The second kappa shape index (κ2) is 8.10. The van der Waals surface area contributed by atoms with E-state index in [1.54, 1.807) is 30.1 Å². The van der Waals surface area contributed by atoms with E-state index in [4.69, 9.17) is 4.74 Å². The third-order valence-corrected chi connectivity index (χ3v) is 6.04. The highest BCUT2D eigenvalue weighted by Gasteiger charge is 2.47. The molecule has 1 N–H and O–H groups in total. The van der Waals surface area contributed by atoms with Crippen LogP contribution in [0.15, 0.2) is 36.7 Å². The normalized spacial score (nSPS) is 20.0. The van der Waals surface area contributed by atoms with Gasteiger partial charge in [0, 0.05) is 58.1 Å². The molecule has 3 amide bonds. The minimum Gasteiger partial charge on any atom is -0.352 e.